The maximum atomic E-state index is 10.2. The third-order valence-electron chi connectivity index (χ3n) is 10.2. The number of hydrogen-bond acceptors (Lipinski definition) is 2. The van der Waals surface area contributed by atoms with Crippen LogP contribution in [0, 0.1) is 57.7 Å². The SMILES string of the molecule is C[C@]12CC[C@@H](O)C[C@@H]1CC[C@@H]1[C@@H]2CC[C@@]23CC[C@H](C#N)C[C@H]2CC[C@@H]13. The Bertz CT molecular complexity index is 581. The third-order valence-corrected chi connectivity index (χ3v) is 10.2. The fourth-order valence-electron chi connectivity index (χ4n) is 9.04. The van der Waals surface area contributed by atoms with Crippen molar-refractivity contribution in [1.82, 2.24) is 0 Å². The van der Waals surface area contributed by atoms with Crippen molar-refractivity contribution in [2.75, 3.05) is 0 Å². The smallest absolute Gasteiger partial charge is 0.0655 e. The molecule has 138 valence electrons. The number of fused-ring (bicyclic) bond motifs is 4. The number of rotatable bonds is 0. The predicted octanol–water partition coefficient (Wildman–Crippen LogP) is 5.31. The molecule has 5 fully saturated rings. The van der Waals surface area contributed by atoms with E-state index in [0.29, 0.717) is 16.7 Å². The van der Waals surface area contributed by atoms with E-state index in [1.54, 1.807) is 0 Å². The van der Waals surface area contributed by atoms with Crippen molar-refractivity contribution >= 4 is 0 Å². The molecule has 0 radical (unpaired) electrons. The standard InChI is InChI=1S/C23H35NO/c1-22-9-7-18(25)13-16(22)2-4-19-20(22)8-11-23-10-6-15(14-24)12-17(23)3-5-21(19)23/h15-21,25H,2-13H2,1H3/t15-,16-,17+,18+,19+,20-,21-,22-,23-/m0/s1. The third kappa shape index (κ3) is 2.24. The molecule has 9 atom stereocenters. The van der Waals surface area contributed by atoms with Crippen LogP contribution in [0.15, 0.2) is 0 Å². The van der Waals surface area contributed by atoms with E-state index in [1.807, 2.05) is 0 Å². The molecule has 2 nitrogen and oxygen atoms in total. The Balaban J connectivity index is 1.41. The Morgan fingerprint density at radius 2 is 1.64 bits per heavy atom. The number of nitrogens with zero attached hydrogens (tertiary/aromatic N) is 1. The Labute approximate surface area is 153 Å². The van der Waals surface area contributed by atoms with E-state index < -0.39 is 0 Å². The van der Waals surface area contributed by atoms with Gasteiger partial charge in [-0.1, -0.05) is 6.92 Å². The fourth-order valence-corrected chi connectivity index (χ4v) is 9.04. The second kappa shape index (κ2) is 5.72. The maximum absolute atomic E-state index is 10.2. The number of aliphatic hydroxyl groups excluding tert-OH is 1. The van der Waals surface area contributed by atoms with Crippen molar-refractivity contribution in [3.05, 3.63) is 0 Å². The summed E-state index contributed by atoms with van der Waals surface area (Å²) < 4.78 is 0. The van der Waals surface area contributed by atoms with Gasteiger partial charge in [0.15, 0.2) is 0 Å². The van der Waals surface area contributed by atoms with Crippen molar-refractivity contribution in [2.24, 2.45) is 46.3 Å². The van der Waals surface area contributed by atoms with Gasteiger partial charge in [0.1, 0.15) is 0 Å². The minimum Gasteiger partial charge on any atom is -0.393 e. The van der Waals surface area contributed by atoms with Gasteiger partial charge < -0.3 is 5.11 Å². The van der Waals surface area contributed by atoms with E-state index in [9.17, 15) is 10.4 Å². The van der Waals surface area contributed by atoms with Crippen LogP contribution in [-0.4, -0.2) is 11.2 Å². The number of nitriles is 1. The van der Waals surface area contributed by atoms with E-state index >= 15 is 0 Å². The Hall–Kier alpha value is -0.550. The normalized spacial score (nSPS) is 57.6. The Morgan fingerprint density at radius 3 is 2.48 bits per heavy atom. The van der Waals surface area contributed by atoms with Gasteiger partial charge in [0.2, 0.25) is 0 Å². The van der Waals surface area contributed by atoms with Gasteiger partial charge in [-0.15, -0.1) is 0 Å². The largest absolute Gasteiger partial charge is 0.393 e. The summed E-state index contributed by atoms with van der Waals surface area (Å²) in [6, 6.07) is 2.59. The molecule has 0 aromatic carbocycles. The molecule has 5 aliphatic carbocycles. The highest BCUT2D eigenvalue weighted by Gasteiger charge is 2.62. The molecule has 0 bridgehead atoms. The molecule has 5 saturated carbocycles. The van der Waals surface area contributed by atoms with E-state index in [2.05, 4.69) is 13.0 Å². The first-order chi connectivity index (χ1) is 12.1. The van der Waals surface area contributed by atoms with E-state index in [4.69, 9.17) is 0 Å². The predicted molar refractivity (Wildman–Crippen MR) is 98.5 cm³/mol. The Kier molecular flexibility index (Phi) is 3.80. The molecule has 1 N–H and O–H groups in total. The molecule has 0 aromatic rings. The highest BCUT2D eigenvalue weighted by atomic mass is 16.3. The van der Waals surface area contributed by atoms with Crippen LogP contribution in [0.2, 0.25) is 0 Å². The average molecular weight is 342 g/mol. The first kappa shape index (κ1) is 16.6. The van der Waals surface area contributed by atoms with Crippen molar-refractivity contribution in [3.63, 3.8) is 0 Å². The summed E-state index contributed by atoms with van der Waals surface area (Å²) in [4.78, 5) is 0. The van der Waals surface area contributed by atoms with E-state index in [1.165, 1.54) is 64.2 Å². The average Bonchev–Trinajstić information content (AvgIpc) is 3.01. The highest BCUT2D eigenvalue weighted by molar-refractivity contribution is 5.12. The van der Waals surface area contributed by atoms with Gasteiger partial charge in [0.05, 0.1) is 12.2 Å². The van der Waals surface area contributed by atoms with Gasteiger partial charge >= 0.3 is 0 Å². The molecule has 25 heavy (non-hydrogen) atoms. The quantitative estimate of drug-likeness (QED) is 0.649. The lowest BCUT2D eigenvalue weighted by molar-refractivity contribution is -0.137. The van der Waals surface area contributed by atoms with Crippen LogP contribution >= 0.6 is 0 Å². The minimum atomic E-state index is -0.0262. The lowest BCUT2D eigenvalue weighted by atomic mass is 9.43. The molecular weight excluding hydrogens is 306 g/mol. The van der Waals surface area contributed by atoms with Crippen LogP contribution in [0.1, 0.15) is 84.0 Å². The van der Waals surface area contributed by atoms with Gasteiger partial charge in [-0.05, 0) is 117 Å². The summed E-state index contributed by atoms with van der Waals surface area (Å²) in [7, 11) is 0. The molecule has 2 heteroatoms. The van der Waals surface area contributed by atoms with E-state index in [0.717, 1.165) is 42.4 Å². The second-order valence-electron chi connectivity index (χ2n) is 10.7. The number of aliphatic hydroxyl groups is 1. The molecule has 5 aliphatic rings. The zero-order chi connectivity index (χ0) is 17.2. The molecule has 0 heterocycles. The van der Waals surface area contributed by atoms with Crippen LogP contribution in [-0.2, 0) is 0 Å². The maximum Gasteiger partial charge on any atom is 0.0655 e. The zero-order valence-electron chi connectivity index (χ0n) is 15.9. The van der Waals surface area contributed by atoms with Crippen molar-refractivity contribution < 1.29 is 5.11 Å². The second-order valence-corrected chi connectivity index (χ2v) is 10.7. The first-order valence-electron chi connectivity index (χ1n) is 11.1. The zero-order valence-corrected chi connectivity index (χ0v) is 15.9. The highest BCUT2D eigenvalue weighted by Crippen LogP contribution is 2.70. The summed E-state index contributed by atoms with van der Waals surface area (Å²) >= 11 is 0. The minimum absolute atomic E-state index is 0.0262. The summed E-state index contributed by atoms with van der Waals surface area (Å²) in [6.45, 7) is 2.59. The summed E-state index contributed by atoms with van der Waals surface area (Å²) in [5.74, 6) is 4.81. The molecule has 0 amide bonds. The van der Waals surface area contributed by atoms with Crippen LogP contribution in [0.3, 0.4) is 0 Å². The summed E-state index contributed by atoms with van der Waals surface area (Å²) in [6.07, 6.45) is 15.6. The van der Waals surface area contributed by atoms with Crippen molar-refractivity contribution in [3.8, 4) is 6.07 Å². The van der Waals surface area contributed by atoms with Gasteiger partial charge in [-0.3, -0.25) is 0 Å². The van der Waals surface area contributed by atoms with Crippen LogP contribution in [0.25, 0.3) is 0 Å². The monoisotopic (exact) mass is 341 g/mol. The van der Waals surface area contributed by atoms with Crippen molar-refractivity contribution in [2.45, 2.75) is 90.1 Å². The van der Waals surface area contributed by atoms with Crippen LogP contribution in [0.5, 0.6) is 0 Å². The van der Waals surface area contributed by atoms with Crippen molar-refractivity contribution in [1.29, 1.82) is 5.26 Å². The molecule has 0 aromatic heterocycles. The molecule has 0 aliphatic heterocycles. The topological polar surface area (TPSA) is 44.0 Å². The van der Waals surface area contributed by atoms with Crippen LogP contribution in [0.4, 0.5) is 0 Å². The fraction of sp³-hybridized carbons (Fsp3) is 0.957. The summed E-state index contributed by atoms with van der Waals surface area (Å²) in [5.41, 5.74) is 1.12. The lowest BCUT2D eigenvalue weighted by Gasteiger charge is -2.62. The van der Waals surface area contributed by atoms with Crippen LogP contribution < -0.4 is 0 Å². The van der Waals surface area contributed by atoms with Gasteiger partial charge in [0, 0.05) is 5.92 Å². The molecule has 0 saturated heterocycles. The van der Waals surface area contributed by atoms with Gasteiger partial charge in [0.25, 0.3) is 0 Å². The Morgan fingerprint density at radius 1 is 0.840 bits per heavy atom. The van der Waals surface area contributed by atoms with Gasteiger partial charge in [-0.2, -0.15) is 5.26 Å². The van der Waals surface area contributed by atoms with Gasteiger partial charge in [-0.25, -0.2) is 0 Å². The van der Waals surface area contributed by atoms with E-state index in [-0.39, 0.29) is 6.10 Å². The number of hydrogen-bond donors (Lipinski definition) is 1. The molecule has 1 spiro atoms. The lowest BCUT2D eigenvalue weighted by Crippen LogP contribution is -2.55. The molecular formula is C23H35NO. The summed E-state index contributed by atoms with van der Waals surface area (Å²) in [5, 5.41) is 19.6. The first-order valence-corrected chi connectivity index (χ1v) is 11.1. The molecule has 5 rings (SSSR count). The molecule has 0 unspecified atom stereocenters.